The first-order valence-electron chi connectivity index (χ1n) is 4.80. The van der Waals surface area contributed by atoms with Crippen molar-refractivity contribution in [3.05, 3.63) is 34.2 Å². The molecule has 0 bridgehead atoms. The van der Waals surface area contributed by atoms with Gasteiger partial charge in [-0.15, -0.1) is 0 Å². The normalized spacial score (nSPS) is 9.94. The molecular formula is C12H9NO4. The molecule has 0 saturated heterocycles. The van der Waals surface area contributed by atoms with Crippen molar-refractivity contribution in [2.24, 2.45) is 0 Å². The van der Waals surface area contributed by atoms with Crippen molar-refractivity contribution in [1.82, 2.24) is 0 Å². The lowest BCUT2D eigenvalue weighted by Gasteiger charge is -2.07. The first kappa shape index (κ1) is 11.0. The monoisotopic (exact) mass is 231 g/mol. The number of rotatable bonds is 2. The van der Waals surface area contributed by atoms with Gasteiger partial charge in [-0.2, -0.15) is 5.26 Å². The molecule has 1 aromatic heterocycles. The summed E-state index contributed by atoms with van der Waals surface area (Å²) in [5, 5.41) is 9.43. The van der Waals surface area contributed by atoms with E-state index in [0.717, 1.165) is 0 Å². The molecule has 0 aliphatic carbocycles. The Morgan fingerprint density at radius 2 is 2.06 bits per heavy atom. The zero-order valence-electron chi connectivity index (χ0n) is 9.31. The van der Waals surface area contributed by atoms with Gasteiger partial charge in [0.15, 0.2) is 11.3 Å². The van der Waals surface area contributed by atoms with Crippen LogP contribution in [0.3, 0.4) is 0 Å². The minimum Gasteiger partial charge on any atom is -0.497 e. The molecule has 0 aliphatic heterocycles. The third-order valence-electron chi connectivity index (χ3n) is 2.38. The van der Waals surface area contributed by atoms with Gasteiger partial charge in [0.1, 0.15) is 17.4 Å². The number of hydrogen-bond donors (Lipinski definition) is 0. The highest BCUT2D eigenvalue weighted by Gasteiger charge is 2.15. The molecule has 5 nitrogen and oxygen atoms in total. The van der Waals surface area contributed by atoms with Crippen LogP contribution in [0.1, 0.15) is 5.56 Å². The quantitative estimate of drug-likeness (QED) is 0.735. The first-order valence-corrected chi connectivity index (χ1v) is 4.80. The summed E-state index contributed by atoms with van der Waals surface area (Å²) in [7, 11) is 2.92. The van der Waals surface area contributed by atoms with Gasteiger partial charge in [0.05, 0.1) is 19.6 Å². The Hall–Kier alpha value is -2.48. The summed E-state index contributed by atoms with van der Waals surface area (Å²) in [6, 6.07) is 6.68. The fourth-order valence-electron chi connectivity index (χ4n) is 1.59. The van der Waals surface area contributed by atoms with Gasteiger partial charge in [-0.3, -0.25) is 0 Å². The average molecular weight is 231 g/mol. The molecule has 0 fully saturated rings. The molecule has 0 spiro atoms. The van der Waals surface area contributed by atoms with E-state index < -0.39 is 5.63 Å². The molecule has 0 radical (unpaired) electrons. The molecule has 2 aromatic rings. The van der Waals surface area contributed by atoms with Crippen molar-refractivity contribution >= 4 is 11.0 Å². The van der Waals surface area contributed by atoms with Crippen LogP contribution in [0, 0.1) is 11.3 Å². The van der Waals surface area contributed by atoms with E-state index in [1.54, 1.807) is 24.3 Å². The van der Waals surface area contributed by atoms with Crippen LogP contribution in [0.25, 0.3) is 11.0 Å². The highest BCUT2D eigenvalue weighted by Crippen LogP contribution is 2.29. The summed E-state index contributed by atoms with van der Waals surface area (Å²) in [5.74, 6) is 0.797. The highest BCUT2D eigenvalue weighted by atomic mass is 16.5. The number of hydrogen-bond acceptors (Lipinski definition) is 5. The number of nitrogens with zero attached hydrogens (tertiary/aromatic N) is 1. The van der Waals surface area contributed by atoms with Gasteiger partial charge in [-0.1, -0.05) is 0 Å². The van der Waals surface area contributed by atoms with E-state index in [2.05, 4.69) is 0 Å². The second kappa shape index (κ2) is 4.18. The average Bonchev–Trinajstić information content (AvgIpc) is 2.36. The van der Waals surface area contributed by atoms with Crippen LogP contribution in [-0.4, -0.2) is 14.2 Å². The van der Waals surface area contributed by atoms with Gasteiger partial charge in [0, 0.05) is 0 Å². The van der Waals surface area contributed by atoms with E-state index in [-0.39, 0.29) is 11.3 Å². The second-order valence-corrected chi connectivity index (χ2v) is 3.27. The Labute approximate surface area is 96.8 Å². The third kappa shape index (κ3) is 1.70. The molecule has 1 heterocycles. The van der Waals surface area contributed by atoms with Crippen molar-refractivity contribution in [2.45, 2.75) is 0 Å². The Morgan fingerprint density at radius 3 is 2.65 bits per heavy atom. The summed E-state index contributed by atoms with van der Waals surface area (Å²) in [6.45, 7) is 0. The van der Waals surface area contributed by atoms with E-state index in [4.69, 9.17) is 19.2 Å². The van der Waals surface area contributed by atoms with Gasteiger partial charge in [0.25, 0.3) is 0 Å². The van der Waals surface area contributed by atoms with E-state index in [0.29, 0.717) is 16.7 Å². The maximum atomic E-state index is 11.5. The Balaban J connectivity index is 2.91. The zero-order valence-corrected chi connectivity index (χ0v) is 9.31. The van der Waals surface area contributed by atoms with Gasteiger partial charge >= 0.3 is 5.63 Å². The standard InChI is InChI=1S/C12H9NO4/c1-15-7-3-4-10-8(5-7)11(16-2)9(6-13)12(14)17-10/h3-5H,1-2H3. The van der Waals surface area contributed by atoms with Gasteiger partial charge in [-0.05, 0) is 18.2 Å². The summed E-state index contributed by atoms with van der Waals surface area (Å²) < 4.78 is 15.2. The van der Waals surface area contributed by atoms with Crippen molar-refractivity contribution in [3.8, 4) is 17.6 Å². The van der Waals surface area contributed by atoms with Gasteiger partial charge < -0.3 is 13.9 Å². The van der Waals surface area contributed by atoms with Crippen LogP contribution in [0.5, 0.6) is 11.5 Å². The lowest BCUT2D eigenvalue weighted by Crippen LogP contribution is -2.06. The number of methoxy groups -OCH3 is 2. The smallest absolute Gasteiger partial charge is 0.358 e. The lowest BCUT2D eigenvalue weighted by atomic mass is 10.1. The Bertz CT molecular complexity index is 666. The number of nitriles is 1. The van der Waals surface area contributed by atoms with Crippen molar-refractivity contribution < 1.29 is 13.9 Å². The molecule has 2 rings (SSSR count). The SMILES string of the molecule is COc1ccc2oc(=O)c(C#N)c(OC)c2c1. The molecule has 0 saturated carbocycles. The van der Waals surface area contributed by atoms with Crippen LogP contribution in [0.4, 0.5) is 0 Å². The second-order valence-electron chi connectivity index (χ2n) is 3.27. The number of ether oxygens (including phenoxy) is 2. The maximum Gasteiger partial charge on any atom is 0.358 e. The van der Waals surface area contributed by atoms with Crippen molar-refractivity contribution in [1.29, 1.82) is 5.26 Å². The fraction of sp³-hybridized carbons (Fsp3) is 0.167. The highest BCUT2D eigenvalue weighted by molar-refractivity contribution is 5.86. The van der Waals surface area contributed by atoms with E-state index in [1.165, 1.54) is 14.2 Å². The van der Waals surface area contributed by atoms with Crippen molar-refractivity contribution in [2.75, 3.05) is 14.2 Å². The minimum atomic E-state index is -0.706. The largest absolute Gasteiger partial charge is 0.497 e. The van der Waals surface area contributed by atoms with Crippen LogP contribution in [-0.2, 0) is 0 Å². The van der Waals surface area contributed by atoms with Crippen LogP contribution >= 0.6 is 0 Å². The molecular weight excluding hydrogens is 222 g/mol. The summed E-state index contributed by atoms with van der Waals surface area (Å²) in [4.78, 5) is 11.5. The summed E-state index contributed by atoms with van der Waals surface area (Å²) in [6.07, 6.45) is 0. The van der Waals surface area contributed by atoms with Crippen LogP contribution in [0.2, 0.25) is 0 Å². The molecule has 0 aliphatic rings. The fourth-order valence-corrected chi connectivity index (χ4v) is 1.59. The van der Waals surface area contributed by atoms with Crippen LogP contribution < -0.4 is 15.1 Å². The molecule has 0 amide bonds. The Morgan fingerprint density at radius 1 is 1.29 bits per heavy atom. The predicted octanol–water partition coefficient (Wildman–Crippen LogP) is 1.68. The molecule has 0 N–H and O–H groups in total. The molecule has 1 aromatic carbocycles. The van der Waals surface area contributed by atoms with Gasteiger partial charge in [-0.25, -0.2) is 4.79 Å². The van der Waals surface area contributed by atoms with Gasteiger partial charge in [0.2, 0.25) is 0 Å². The van der Waals surface area contributed by atoms with Crippen molar-refractivity contribution in [3.63, 3.8) is 0 Å². The van der Waals surface area contributed by atoms with E-state index >= 15 is 0 Å². The molecule has 5 heteroatoms. The number of benzene rings is 1. The minimum absolute atomic E-state index is 0.145. The van der Waals surface area contributed by atoms with E-state index in [1.807, 2.05) is 0 Å². The molecule has 0 unspecified atom stereocenters. The van der Waals surface area contributed by atoms with E-state index in [9.17, 15) is 4.79 Å². The van der Waals surface area contributed by atoms with Crippen LogP contribution in [0.15, 0.2) is 27.4 Å². The number of fused-ring (bicyclic) bond motifs is 1. The lowest BCUT2D eigenvalue weighted by molar-refractivity contribution is 0.406. The third-order valence-corrected chi connectivity index (χ3v) is 2.38. The molecule has 86 valence electrons. The summed E-state index contributed by atoms with van der Waals surface area (Å²) in [5.41, 5.74) is -0.498. The molecule has 0 atom stereocenters. The predicted molar refractivity (Wildman–Crippen MR) is 60.3 cm³/mol. The topological polar surface area (TPSA) is 72.5 Å². The maximum absolute atomic E-state index is 11.5. The molecule has 17 heavy (non-hydrogen) atoms. The Kier molecular flexibility index (Phi) is 2.71. The summed E-state index contributed by atoms with van der Waals surface area (Å²) >= 11 is 0. The zero-order chi connectivity index (χ0) is 12.4. The first-order chi connectivity index (χ1) is 8.21.